The summed E-state index contributed by atoms with van der Waals surface area (Å²) < 4.78 is 112. The summed E-state index contributed by atoms with van der Waals surface area (Å²) in [6.45, 7) is 0. The van der Waals surface area contributed by atoms with Crippen LogP contribution in [0.2, 0.25) is 4.34 Å². The summed E-state index contributed by atoms with van der Waals surface area (Å²) in [7, 11) is 0.738. The molecule has 0 saturated heterocycles. The van der Waals surface area contributed by atoms with Crippen molar-refractivity contribution in [2.24, 2.45) is 7.05 Å². The Hall–Kier alpha value is -3.19. The van der Waals surface area contributed by atoms with Gasteiger partial charge in [0.2, 0.25) is 0 Å². The van der Waals surface area contributed by atoms with E-state index in [1.54, 1.807) is 0 Å². The first-order valence-electron chi connectivity index (χ1n) is 9.60. The van der Waals surface area contributed by atoms with Crippen molar-refractivity contribution in [3.8, 4) is 28.1 Å². The number of hydrogen-bond donors (Lipinski definition) is 1. The Labute approximate surface area is 204 Å². The van der Waals surface area contributed by atoms with Crippen LogP contribution in [0.15, 0.2) is 16.7 Å². The molecule has 1 fully saturated rings. The van der Waals surface area contributed by atoms with Crippen molar-refractivity contribution in [3.63, 3.8) is 0 Å². The normalized spacial score (nSPS) is 15.6. The smallest absolute Gasteiger partial charge is 0.355 e. The Morgan fingerprint density at radius 3 is 2.39 bits per heavy atom. The van der Waals surface area contributed by atoms with Crippen LogP contribution in [0.1, 0.15) is 34.5 Å². The van der Waals surface area contributed by atoms with Gasteiger partial charge in [0, 0.05) is 13.1 Å². The molecule has 0 spiro atoms. The van der Waals surface area contributed by atoms with E-state index < -0.39 is 52.4 Å². The number of hydrogen-bond acceptors (Lipinski definition) is 6. The number of aromatic nitrogens is 3. The number of nitrogens with one attached hydrogen (secondary N) is 1. The lowest BCUT2D eigenvalue weighted by atomic mass is 10.0. The zero-order chi connectivity index (χ0) is 26.8. The van der Waals surface area contributed by atoms with Gasteiger partial charge in [-0.25, -0.2) is 0 Å². The van der Waals surface area contributed by atoms with Crippen LogP contribution in [0.3, 0.4) is 0 Å². The lowest BCUT2D eigenvalue weighted by Gasteiger charge is -2.19. The average Bonchev–Trinajstić information content (AvgIpc) is 3.08. The van der Waals surface area contributed by atoms with Gasteiger partial charge in [0.05, 0.1) is 16.5 Å². The van der Waals surface area contributed by atoms with Crippen LogP contribution < -0.4 is 5.32 Å². The number of nitrogens with zero attached hydrogens (tertiary/aromatic N) is 4. The maximum absolute atomic E-state index is 13.9. The highest BCUT2D eigenvalue weighted by molar-refractivity contribution is 7.19. The van der Waals surface area contributed by atoms with E-state index in [-0.39, 0.29) is 25.2 Å². The van der Waals surface area contributed by atoms with Crippen LogP contribution in [-0.2, 0) is 19.1 Å². The molecule has 4 rings (SSSR count). The van der Waals surface area contributed by atoms with E-state index in [2.05, 4.69) is 15.6 Å². The minimum absolute atomic E-state index is 0.0576. The second kappa shape index (κ2) is 8.17. The predicted molar refractivity (Wildman–Crippen MR) is 107 cm³/mol. The minimum Gasteiger partial charge on any atom is -0.355 e. The molecule has 1 aliphatic rings. The summed E-state index contributed by atoms with van der Waals surface area (Å²) in [5.41, 5.74) is -7.88. The van der Waals surface area contributed by atoms with Crippen molar-refractivity contribution < 1.29 is 44.4 Å². The van der Waals surface area contributed by atoms with Crippen molar-refractivity contribution in [1.82, 2.24) is 20.3 Å². The summed E-state index contributed by atoms with van der Waals surface area (Å²) in [4.78, 5) is 12.5. The zero-order valence-corrected chi connectivity index (χ0v) is 19.1. The fourth-order valence-corrected chi connectivity index (χ4v) is 4.48. The fraction of sp³-hybridized carbons (Fsp3) is 0.368. The number of thiophene rings is 1. The van der Waals surface area contributed by atoms with Crippen LogP contribution in [0.25, 0.3) is 22.0 Å². The van der Waals surface area contributed by atoms with Gasteiger partial charge in [-0.3, -0.25) is 9.48 Å². The number of halogens is 9. The van der Waals surface area contributed by atoms with E-state index in [0.29, 0.717) is 12.8 Å². The molecule has 1 saturated carbocycles. The molecule has 0 unspecified atom stereocenters. The van der Waals surface area contributed by atoms with Crippen molar-refractivity contribution in [2.75, 3.05) is 0 Å². The van der Waals surface area contributed by atoms with Crippen molar-refractivity contribution >= 4 is 28.8 Å². The monoisotopic (exact) mass is 559 g/mol. The molecule has 3 aromatic rings. The zero-order valence-electron chi connectivity index (χ0n) is 17.5. The SMILES string of the molecule is Cn1nc(C(F)(F)C(F)(F)F)c(C(F)(F)F)c1-c1cc(-c2cc(C(=O)NC3(C#N)CC3)c(Cl)s2)on1. The highest BCUT2D eigenvalue weighted by atomic mass is 35.5. The van der Waals surface area contributed by atoms with Crippen molar-refractivity contribution in [1.29, 1.82) is 5.26 Å². The molecule has 36 heavy (non-hydrogen) atoms. The van der Waals surface area contributed by atoms with E-state index >= 15 is 0 Å². The van der Waals surface area contributed by atoms with E-state index in [9.17, 15) is 39.9 Å². The Morgan fingerprint density at radius 2 is 1.86 bits per heavy atom. The summed E-state index contributed by atoms with van der Waals surface area (Å²) in [6, 6.07) is 4.01. The maximum atomic E-state index is 13.9. The van der Waals surface area contributed by atoms with Crippen LogP contribution in [0.5, 0.6) is 0 Å². The van der Waals surface area contributed by atoms with E-state index in [1.165, 1.54) is 6.07 Å². The number of carbonyl (C=O) groups is 1. The van der Waals surface area contributed by atoms with E-state index in [1.807, 2.05) is 6.07 Å². The second-order valence-corrected chi connectivity index (χ2v) is 9.44. The van der Waals surface area contributed by atoms with Gasteiger partial charge in [-0.15, -0.1) is 11.3 Å². The first-order valence-corrected chi connectivity index (χ1v) is 10.8. The molecule has 1 aliphatic carbocycles. The highest BCUT2D eigenvalue weighted by Crippen LogP contribution is 2.50. The highest BCUT2D eigenvalue weighted by Gasteiger charge is 2.64. The Kier molecular flexibility index (Phi) is 5.87. The van der Waals surface area contributed by atoms with Gasteiger partial charge in [-0.05, 0) is 18.9 Å². The standard InChI is InChI=1S/C19H10ClF8N5O2S/c1-33-12(11(18(23,24)25)13(31-33)17(21,22)19(26,27)28)8-5-9(35-32-8)10-4-7(14(20)36-10)15(34)30-16(6-29)2-3-16/h4-5H,2-3H2,1H3,(H,30,34). The quantitative estimate of drug-likeness (QED) is 0.392. The number of aryl methyl sites for hydroxylation is 1. The van der Waals surface area contributed by atoms with Gasteiger partial charge in [-0.2, -0.15) is 45.5 Å². The Balaban J connectivity index is 1.74. The molecule has 0 atom stereocenters. The van der Waals surface area contributed by atoms with Crippen molar-refractivity contribution in [2.45, 2.75) is 36.7 Å². The van der Waals surface area contributed by atoms with Crippen LogP contribution in [0.4, 0.5) is 35.1 Å². The number of rotatable bonds is 5. The third-order valence-electron chi connectivity index (χ3n) is 5.23. The molecule has 192 valence electrons. The molecule has 0 aromatic carbocycles. The van der Waals surface area contributed by atoms with E-state index in [0.717, 1.165) is 24.5 Å². The van der Waals surface area contributed by atoms with Gasteiger partial charge in [0.25, 0.3) is 5.91 Å². The third kappa shape index (κ3) is 4.30. The van der Waals surface area contributed by atoms with Gasteiger partial charge in [-0.1, -0.05) is 16.8 Å². The molecule has 3 aromatic heterocycles. The molecule has 3 heterocycles. The lowest BCUT2D eigenvalue weighted by Crippen LogP contribution is -2.36. The molecule has 1 N–H and O–H groups in total. The Morgan fingerprint density at radius 1 is 1.22 bits per heavy atom. The average molecular weight is 560 g/mol. The van der Waals surface area contributed by atoms with Gasteiger partial charge < -0.3 is 9.84 Å². The summed E-state index contributed by atoms with van der Waals surface area (Å²) in [5, 5.41) is 17.8. The minimum atomic E-state index is -6.34. The molecule has 17 heteroatoms. The predicted octanol–water partition coefficient (Wildman–Crippen LogP) is 5.92. The lowest BCUT2D eigenvalue weighted by molar-refractivity contribution is -0.292. The number of carbonyl (C=O) groups excluding carboxylic acids is 1. The third-order valence-corrected chi connectivity index (χ3v) is 6.60. The first-order chi connectivity index (χ1) is 16.5. The largest absolute Gasteiger partial charge is 0.459 e. The van der Waals surface area contributed by atoms with Gasteiger partial charge in [0.15, 0.2) is 11.5 Å². The summed E-state index contributed by atoms with van der Waals surface area (Å²) >= 11 is 6.83. The number of amides is 1. The first kappa shape index (κ1) is 25.9. The molecule has 1 amide bonds. The Bertz CT molecular complexity index is 1390. The van der Waals surface area contributed by atoms with Gasteiger partial charge >= 0.3 is 18.3 Å². The molecular weight excluding hydrogens is 550 g/mol. The van der Waals surface area contributed by atoms with Gasteiger partial charge in [0.1, 0.15) is 26.8 Å². The summed E-state index contributed by atoms with van der Waals surface area (Å²) in [5.74, 6) is -6.85. The second-order valence-electron chi connectivity index (χ2n) is 7.79. The molecular formula is C19H10ClF8N5O2S. The number of nitriles is 1. The molecule has 0 aliphatic heterocycles. The molecule has 0 radical (unpaired) electrons. The van der Waals surface area contributed by atoms with Crippen molar-refractivity contribution in [3.05, 3.63) is 33.3 Å². The number of alkyl halides is 8. The van der Waals surface area contributed by atoms with Crippen LogP contribution in [0, 0.1) is 11.3 Å². The topological polar surface area (TPSA) is 96.7 Å². The maximum Gasteiger partial charge on any atom is 0.459 e. The molecule has 0 bridgehead atoms. The fourth-order valence-electron chi connectivity index (χ4n) is 3.26. The van der Waals surface area contributed by atoms with Crippen LogP contribution in [-0.4, -0.2) is 32.6 Å². The summed E-state index contributed by atoms with van der Waals surface area (Å²) in [6.07, 6.45) is -11.1. The van der Waals surface area contributed by atoms with Crippen LogP contribution >= 0.6 is 22.9 Å². The molecule has 7 nitrogen and oxygen atoms in total. The van der Waals surface area contributed by atoms with E-state index in [4.69, 9.17) is 21.4 Å².